The number of likely N-dealkylation sites (tertiary alicyclic amines) is 1. The molecule has 0 bridgehead atoms. The van der Waals surface area contributed by atoms with Gasteiger partial charge in [0.25, 0.3) is 11.8 Å². The number of hydrogen-bond acceptors (Lipinski definition) is 5. The fourth-order valence-electron chi connectivity index (χ4n) is 6.26. The molecule has 11 heteroatoms. The van der Waals surface area contributed by atoms with E-state index in [1.54, 1.807) is 4.90 Å². The molecule has 1 atom stereocenters. The molecule has 3 aliphatic rings. The zero-order chi connectivity index (χ0) is 28.3. The largest absolute Gasteiger partial charge is 0.405 e. The zero-order valence-electron chi connectivity index (χ0n) is 22.5. The molecule has 2 heterocycles. The van der Waals surface area contributed by atoms with Crippen LogP contribution in [0, 0.1) is 0 Å². The van der Waals surface area contributed by atoms with Gasteiger partial charge in [0.2, 0.25) is 0 Å². The Hall–Kier alpha value is -2.52. The molecule has 7 nitrogen and oxygen atoms in total. The molecule has 216 valence electrons. The first kappa shape index (κ1) is 29.0. The van der Waals surface area contributed by atoms with Gasteiger partial charge in [0, 0.05) is 13.1 Å². The number of nitrogens with one attached hydrogen (secondary N) is 1. The van der Waals surface area contributed by atoms with E-state index in [1.165, 1.54) is 0 Å². The highest BCUT2D eigenvalue weighted by Crippen LogP contribution is 2.50. The number of halogens is 3. The molecule has 0 saturated carbocycles. The van der Waals surface area contributed by atoms with Crippen LogP contribution in [0.5, 0.6) is 0 Å². The average molecular weight is 578 g/mol. The van der Waals surface area contributed by atoms with Crippen LogP contribution in [0.25, 0.3) is 11.1 Å². The van der Waals surface area contributed by atoms with Gasteiger partial charge in [-0.3, -0.25) is 14.5 Å². The monoisotopic (exact) mass is 577 g/mol. The summed E-state index contributed by atoms with van der Waals surface area (Å²) in [7, 11) is -0.130. The van der Waals surface area contributed by atoms with E-state index in [1.807, 2.05) is 60.4 Å². The fourth-order valence-corrected chi connectivity index (χ4v) is 6.86. The summed E-state index contributed by atoms with van der Waals surface area (Å²) in [4.78, 5) is 32.4. The van der Waals surface area contributed by atoms with Gasteiger partial charge in [-0.25, -0.2) is 0 Å². The molecule has 2 saturated heterocycles. The van der Waals surface area contributed by atoms with Crippen molar-refractivity contribution in [2.45, 2.75) is 62.8 Å². The van der Waals surface area contributed by atoms with Crippen LogP contribution in [0.1, 0.15) is 56.2 Å². The van der Waals surface area contributed by atoms with Crippen LogP contribution in [0.4, 0.5) is 13.2 Å². The van der Waals surface area contributed by atoms with Gasteiger partial charge in [0.15, 0.2) is 14.6 Å². The molecule has 5 rings (SSSR count). The van der Waals surface area contributed by atoms with Gasteiger partial charge in [-0.15, -0.1) is 0 Å². The summed E-state index contributed by atoms with van der Waals surface area (Å²) in [5, 5.41) is 2.12. The van der Waals surface area contributed by atoms with Gasteiger partial charge in [-0.05, 0) is 47.9 Å². The third-order valence-corrected chi connectivity index (χ3v) is 8.66. The van der Waals surface area contributed by atoms with Crippen molar-refractivity contribution in [2.24, 2.45) is 0 Å². The molecular weight excluding hydrogens is 542 g/mol. The molecule has 2 aliphatic heterocycles. The van der Waals surface area contributed by atoms with Gasteiger partial charge in [-0.2, -0.15) is 13.2 Å². The molecule has 0 radical (unpaired) electrons. The van der Waals surface area contributed by atoms with Crippen LogP contribution in [-0.4, -0.2) is 72.2 Å². The highest BCUT2D eigenvalue weighted by molar-refractivity contribution is 7.26. The number of hydrogen-bond donors (Lipinski definition) is 1. The summed E-state index contributed by atoms with van der Waals surface area (Å²) in [6.07, 6.45) is -1.75. The molecule has 2 aromatic rings. The topological polar surface area (TPSA) is 71.1 Å². The molecule has 2 fully saturated rings. The minimum absolute atomic E-state index is 0.120. The lowest BCUT2D eigenvalue weighted by atomic mass is 9.80. The van der Waals surface area contributed by atoms with Crippen molar-refractivity contribution in [3.05, 3.63) is 59.7 Å². The number of carbonyl (C=O) groups excluding carboxylic acids is 2. The second kappa shape index (κ2) is 12.1. The maximum absolute atomic E-state index is 14.8. The average Bonchev–Trinajstić information content (AvgIpc) is 3.30. The van der Waals surface area contributed by atoms with Crippen LogP contribution in [-0.2, 0) is 18.6 Å². The van der Waals surface area contributed by atoms with Crippen LogP contribution in [0.2, 0.25) is 0 Å². The number of rotatable bonds is 8. The number of amides is 2. The lowest BCUT2D eigenvalue weighted by Gasteiger charge is -2.50. The number of fused-ring (bicyclic) bond motifs is 3. The number of nitrogens with zero attached hydrogens (tertiary/aromatic N) is 2. The van der Waals surface area contributed by atoms with E-state index < -0.39 is 42.2 Å². The van der Waals surface area contributed by atoms with Crippen molar-refractivity contribution >= 4 is 20.8 Å². The molecule has 0 spiro atoms. The van der Waals surface area contributed by atoms with E-state index in [4.69, 9.17) is 9.05 Å². The third-order valence-electron chi connectivity index (χ3n) is 8.09. The van der Waals surface area contributed by atoms with Crippen molar-refractivity contribution in [1.82, 2.24) is 15.1 Å². The Morgan fingerprint density at radius 3 is 2.27 bits per heavy atom. The molecule has 2 amide bonds. The normalized spacial score (nSPS) is 23.9. The maximum atomic E-state index is 14.8. The van der Waals surface area contributed by atoms with Gasteiger partial charge in [0.1, 0.15) is 6.54 Å². The van der Waals surface area contributed by atoms with Gasteiger partial charge >= 0.3 is 6.18 Å². The van der Waals surface area contributed by atoms with Crippen LogP contribution in [0.15, 0.2) is 48.5 Å². The van der Waals surface area contributed by atoms with Gasteiger partial charge < -0.3 is 19.3 Å². The quantitative estimate of drug-likeness (QED) is 0.345. The lowest BCUT2D eigenvalue weighted by Crippen LogP contribution is -2.71. The van der Waals surface area contributed by atoms with E-state index in [2.05, 4.69) is 5.32 Å². The molecule has 1 N–H and O–H groups in total. The van der Waals surface area contributed by atoms with Crippen LogP contribution >= 0.6 is 9.03 Å². The van der Waals surface area contributed by atoms with E-state index in [-0.39, 0.29) is 28.7 Å². The highest BCUT2D eigenvalue weighted by atomic mass is 31.1. The maximum Gasteiger partial charge on any atom is 0.405 e. The number of unbranched alkanes of at least 4 members (excludes halogenated alkanes) is 1. The summed E-state index contributed by atoms with van der Waals surface area (Å²) in [5.41, 5.74) is 2.06. The van der Waals surface area contributed by atoms with Crippen molar-refractivity contribution in [2.75, 3.05) is 32.8 Å². The van der Waals surface area contributed by atoms with Crippen molar-refractivity contribution in [3.63, 3.8) is 0 Å². The fraction of sp³-hybridized carbons (Fsp3) is 0.517. The molecule has 1 unspecified atom stereocenters. The first-order valence-corrected chi connectivity index (χ1v) is 14.7. The second-order valence-electron chi connectivity index (χ2n) is 10.6. The SMILES string of the molecule is CCCCN(C(=O)C1(C(=O)NCC(F)(F)F)CCCCN1C1c2ccccc2-c2ccccc21)C1COPOC1. The number of piperidine rings is 1. The number of alkyl halides is 3. The first-order valence-electron chi connectivity index (χ1n) is 13.9. The Labute approximate surface area is 234 Å². The smallest absolute Gasteiger partial charge is 0.345 e. The summed E-state index contributed by atoms with van der Waals surface area (Å²) in [5.74, 6) is -1.39. The summed E-state index contributed by atoms with van der Waals surface area (Å²) in [6, 6.07) is 14.8. The molecular formula is C29H35F3N3O4P. The van der Waals surface area contributed by atoms with Crippen LogP contribution in [0.3, 0.4) is 0 Å². The molecule has 40 heavy (non-hydrogen) atoms. The summed E-state index contributed by atoms with van der Waals surface area (Å²) in [6.45, 7) is 1.75. The number of carbonyl (C=O) groups is 2. The van der Waals surface area contributed by atoms with E-state index in [0.717, 1.165) is 28.7 Å². The van der Waals surface area contributed by atoms with Gasteiger partial charge in [0.05, 0.1) is 25.3 Å². The Balaban J connectivity index is 1.63. The lowest BCUT2D eigenvalue weighted by molar-refractivity contribution is -0.165. The Morgan fingerprint density at radius 2 is 1.68 bits per heavy atom. The Kier molecular flexibility index (Phi) is 8.80. The van der Waals surface area contributed by atoms with Gasteiger partial charge in [-0.1, -0.05) is 61.9 Å². The minimum atomic E-state index is -4.61. The van der Waals surface area contributed by atoms with Crippen LogP contribution < -0.4 is 5.32 Å². The van der Waals surface area contributed by atoms with Crippen molar-refractivity contribution in [1.29, 1.82) is 0 Å². The van der Waals surface area contributed by atoms with E-state index in [0.29, 0.717) is 32.4 Å². The van der Waals surface area contributed by atoms with Crippen molar-refractivity contribution in [3.8, 4) is 11.1 Å². The summed E-state index contributed by atoms with van der Waals surface area (Å²) >= 11 is 0. The minimum Gasteiger partial charge on any atom is -0.345 e. The molecule has 1 aliphatic carbocycles. The molecule has 0 aromatic heterocycles. The van der Waals surface area contributed by atoms with E-state index in [9.17, 15) is 22.8 Å². The standard InChI is InChI=1S/C29H35F3N3O4P/c1-2-3-15-34(20-17-38-40-39-18-20)27(37)28(26(36)33-19-29(30,31)32)14-8-9-16-35(28)25-23-12-6-4-10-21(23)22-11-5-7-13-24(22)25/h4-7,10-13,20,25,40H,2-3,8-9,14-19H2,1H3,(H,33,36). The number of benzene rings is 2. The van der Waals surface area contributed by atoms with E-state index >= 15 is 0 Å². The predicted octanol–water partition coefficient (Wildman–Crippen LogP) is 5.21. The van der Waals surface area contributed by atoms with Crippen molar-refractivity contribution < 1.29 is 31.8 Å². The summed E-state index contributed by atoms with van der Waals surface area (Å²) < 4.78 is 51.2. The Bertz CT molecular complexity index is 1180. The predicted molar refractivity (Wildman–Crippen MR) is 147 cm³/mol. The Morgan fingerprint density at radius 1 is 1.05 bits per heavy atom. The third kappa shape index (κ3) is 5.51. The first-order chi connectivity index (χ1) is 19.3. The second-order valence-corrected chi connectivity index (χ2v) is 11.3. The molecule has 2 aromatic carbocycles. The zero-order valence-corrected chi connectivity index (χ0v) is 23.5. The highest BCUT2D eigenvalue weighted by Gasteiger charge is 2.58.